The number of benzene rings is 3. The van der Waals surface area contributed by atoms with Crippen LogP contribution in [-0.4, -0.2) is 44.3 Å². The molecule has 0 aliphatic carbocycles. The Hall–Kier alpha value is -3.09. The molecule has 3 aromatic carbocycles. The summed E-state index contributed by atoms with van der Waals surface area (Å²) in [5.74, 6) is -0.124. The van der Waals surface area contributed by atoms with E-state index in [4.69, 9.17) is 4.18 Å². The molecule has 4 aromatic rings. The van der Waals surface area contributed by atoms with E-state index in [0.29, 0.717) is 10.7 Å². The Kier molecular flexibility index (Phi) is 5.61. The van der Waals surface area contributed by atoms with Crippen molar-refractivity contribution in [2.45, 2.75) is 5.03 Å². The van der Waals surface area contributed by atoms with Crippen LogP contribution in [0, 0.1) is 0 Å². The lowest BCUT2D eigenvalue weighted by Crippen LogP contribution is -2.12. The summed E-state index contributed by atoms with van der Waals surface area (Å²) in [6, 6.07) is 17.7. The molecule has 1 aromatic heterocycles. The van der Waals surface area contributed by atoms with Crippen LogP contribution in [-0.2, 0) is 20.1 Å². The third kappa shape index (κ3) is 4.71. The molecule has 0 bridgehead atoms. The van der Waals surface area contributed by atoms with Gasteiger partial charge in [-0.3, -0.25) is 4.72 Å². The Balaban J connectivity index is 1.95. The molecule has 0 amide bonds. The van der Waals surface area contributed by atoms with Crippen LogP contribution in [0.25, 0.3) is 27.7 Å². The number of nitrogens with zero attached hydrogens (tertiary/aromatic N) is 3. The average molecular weight is 491 g/mol. The third-order valence-corrected chi connectivity index (χ3v) is 5.82. The molecule has 166 valence electrons. The Morgan fingerprint density at radius 3 is 2.41 bits per heavy atom. The van der Waals surface area contributed by atoms with Crippen molar-refractivity contribution in [3.05, 3.63) is 60.7 Å². The topological polar surface area (TPSA) is 120 Å². The monoisotopic (exact) mass is 490 g/mol. The van der Waals surface area contributed by atoms with E-state index in [0.717, 1.165) is 28.8 Å². The number of fused-ring (bicyclic) bond motifs is 1. The number of hydrogen-bond donors (Lipinski definition) is 2. The summed E-state index contributed by atoms with van der Waals surface area (Å²) in [4.78, 5) is 0. The molecular formula is C20H18N4O5S3. The number of hydrogen-bond acceptors (Lipinski definition) is 8. The summed E-state index contributed by atoms with van der Waals surface area (Å²) in [5.41, 5.74) is 1.67. The van der Waals surface area contributed by atoms with Gasteiger partial charge in [-0.25, -0.2) is 13.1 Å². The van der Waals surface area contributed by atoms with Crippen LogP contribution in [0.3, 0.4) is 0 Å². The van der Waals surface area contributed by atoms with Crippen LogP contribution in [0.2, 0.25) is 0 Å². The summed E-state index contributed by atoms with van der Waals surface area (Å²) in [6.07, 6.45) is 1.88. The molecule has 1 N–H and O–H groups in total. The fourth-order valence-electron chi connectivity index (χ4n) is 3.31. The summed E-state index contributed by atoms with van der Waals surface area (Å²) in [7, 11) is -7.52. The van der Waals surface area contributed by atoms with Gasteiger partial charge < -0.3 is 4.18 Å². The fraction of sp³-hybridized carbons (Fsp3) is 0.100. The zero-order valence-electron chi connectivity index (χ0n) is 16.9. The number of rotatable bonds is 6. The smallest absolute Gasteiger partial charge is 0.306 e. The maximum Gasteiger partial charge on any atom is 0.306 e. The molecule has 12 heteroatoms. The van der Waals surface area contributed by atoms with E-state index in [2.05, 4.69) is 27.7 Å². The van der Waals surface area contributed by atoms with Gasteiger partial charge in [0.15, 0.2) is 5.75 Å². The van der Waals surface area contributed by atoms with Gasteiger partial charge in [-0.2, -0.15) is 8.42 Å². The second-order valence-electron chi connectivity index (χ2n) is 7.04. The minimum Gasteiger partial charge on any atom is -0.380 e. The van der Waals surface area contributed by atoms with E-state index in [1.54, 1.807) is 0 Å². The van der Waals surface area contributed by atoms with E-state index in [9.17, 15) is 16.8 Å². The molecule has 0 unspecified atom stereocenters. The quantitative estimate of drug-likeness (QED) is 0.315. The van der Waals surface area contributed by atoms with Gasteiger partial charge in [0.25, 0.3) is 0 Å². The first-order valence-corrected chi connectivity index (χ1v) is 13.3. The summed E-state index contributed by atoms with van der Waals surface area (Å²) in [5, 5.41) is 10.4. The molecule has 0 fully saturated rings. The van der Waals surface area contributed by atoms with Crippen LogP contribution in [0.15, 0.2) is 65.7 Å². The van der Waals surface area contributed by atoms with E-state index >= 15 is 0 Å². The molecule has 4 rings (SSSR count). The molecule has 0 aliphatic heterocycles. The second kappa shape index (κ2) is 8.11. The highest BCUT2D eigenvalue weighted by atomic mass is 32.2. The molecule has 9 nitrogen and oxygen atoms in total. The number of sulfonamides is 1. The van der Waals surface area contributed by atoms with Crippen LogP contribution in [0.1, 0.15) is 0 Å². The van der Waals surface area contributed by atoms with Crippen molar-refractivity contribution >= 4 is 49.2 Å². The average Bonchev–Trinajstić information content (AvgIpc) is 3.06. The lowest BCUT2D eigenvalue weighted by molar-refractivity contribution is 0.490. The summed E-state index contributed by atoms with van der Waals surface area (Å²) < 4.78 is 55.9. The van der Waals surface area contributed by atoms with Crippen LogP contribution >= 0.6 is 12.6 Å². The molecule has 0 radical (unpaired) electrons. The van der Waals surface area contributed by atoms with Crippen molar-refractivity contribution < 1.29 is 21.0 Å². The standard InChI is InChI=1S/C20H18N4O5S3/c1-31(25,26)22-14-10-11-17(18(12-14)29-32(2,27)28)24-19(20(30)21-23-24)16-9-5-7-13-6-3-4-8-15(13)16/h3-12,22,30H,1-2H3. The minimum atomic E-state index is -3.93. The molecule has 32 heavy (non-hydrogen) atoms. The van der Waals surface area contributed by atoms with Gasteiger partial charge in [-0.15, -0.1) is 17.7 Å². The largest absolute Gasteiger partial charge is 0.380 e. The number of anilines is 1. The molecule has 1 heterocycles. The van der Waals surface area contributed by atoms with E-state index in [1.807, 2.05) is 42.5 Å². The summed E-state index contributed by atoms with van der Waals surface area (Å²) in [6.45, 7) is 0. The van der Waals surface area contributed by atoms with Gasteiger partial charge in [0.05, 0.1) is 18.2 Å². The van der Waals surface area contributed by atoms with Crippen molar-refractivity contribution in [2.75, 3.05) is 17.2 Å². The van der Waals surface area contributed by atoms with E-state index in [-0.39, 0.29) is 17.1 Å². The predicted molar refractivity (Wildman–Crippen MR) is 125 cm³/mol. The lowest BCUT2D eigenvalue weighted by Gasteiger charge is -2.15. The van der Waals surface area contributed by atoms with Gasteiger partial charge in [0.2, 0.25) is 10.0 Å². The molecule has 0 saturated heterocycles. The summed E-state index contributed by atoms with van der Waals surface area (Å²) >= 11 is 4.46. The Labute approximate surface area is 190 Å². The number of thiol groups is 1. The fourth-order valence-corrected chi connectivity index (χ4v) is 4.58. The lowest BCUT2D eigenvalue weighted by atomic mass is 10.0. The van der Waals surface area contributed by atoms with Crippen LogP contribution in [0.5, 0.6) is 5.75 Å². The van der Waals surface area contributed by atoms with Gasteiger partial charge >= 0.3 is 10.1 Å². The molecule has 0 atom stereocenters. The normalized spacial score (nSPS) is 12.1. The molecule has 0 aliphatic rings. The van der Waals surface area contributed by atoms with Crippen LogP contribution in [0.4, 0.5) is 5.69 Å². The van der Waals surface area contributed by atoms with Crippen molar-refractivity contribution in [3.63, 3.8) is 0 Å². The minimum absolute atomic E-state index is 0.124. The highest BCUT2D eigenvalue weighted by Crippen LogP contribution is 2.36. The Bertz CT molecular complexity index is 1540. The van der Waals surface area contributed by atoms with Gasteiger partial charge in [0.1, 0.15) is 16.4 Å². The zero-order chi connectivity index (χ0) is 23.1. The number of aromatic nitrogens is 3. The first kappa shape index (κ1) is 22.1. The predicted octanol–water partition coefficient (Wildman–Crippen LogP) is 3.09. The maximum absolute atomic E-state index is 11.9. The maximum atomic E-state index is 11.9. The van der Waals surface area contributed by atoms with Gasteiger partial charge in [-0.05, 0) is 22.9 Å². The SMILES string of the molecule is CS(=O)(=O)Nc1ccc(-n2nnc(S)c2-c2cccc3ccccc23)c(OS(C)(=O)=O)c1. The van der Waals surface area contributed by atoms with E-state index < -0.39 is 20.1 Å². The zero-order valence-corrected chi connectivity index (χ0v) is 19.4. The van der Waals surface area contributed by atoms with Gasteiger partial charge in [-0.1, -0.05) is 47.7 Å². The van der Waals surface area contributed by atoms with Crippen LogP contribution < -0.4 is 8.91 Å². The van der Waals surface area contributed by atoms with Crippen molar-refractivity contribution in [1.29, 1.82) is 0 Å². The van der Waals surface area contributed by atoms with Gasteiger partial charge in [0, 0.05) is 11.6 Å². The van der Waals surface area contributed by atoms with E-state index in [1.165, 1.54) is 22.9 Å². The third-order valence-electron chi connectivity index (χ3n) is 4.43. The first-order valence-electron chi connectivity index (χ1n) is 9.16. The second-order valence-corrected chi connectivity index (χ2v) is 10.8. The van der Waals surface area contributed by atoms with Crippen molar-refractivity contribution in [1.82, 2.24) is 15.0 Å². The Morgan fingerprint density at radius 1 is 0.969 bits per heavy atom. The Morgan fingerprint density at radius 2 is 1.69 bits per heavy atom. The first-order chi connectivity index (χ1) is 15.0. The number of nitrogens with one attached hydrogen (secondary N) is 1. The molecule has 0 spiro atoms. The highest BCUT2D eigenvalue weighted by molar-refractivity contribution is 7.92. The highest BCUT2D eigenvalue weighted by Gasteiger charge is 2.21. The molecule has 0 saturated carbocycles. The van der Waals surface area contributed by atoms with Crippen molar-refractivity contribution in [3.8, 4) is 22.7 Å². The van der Waals surface area contributed by atoms with Crippen molar-refractivity contribution in [2.24, 2.45) is 0 Å². The molecular weight excluding hydrogens is 472 g/mol.